The molecule has 1 fully saturated rings. The Morgan fingerprint density at radius 1 is 1.14 bits per heavy atom. The second-order valence-corrected chi connectivity index (χ2v) is 10.3. The lowest BCUT2D eigenvalue weighted by Gasteiger charge is -2.37. The van der Waals surface area contributed by atoms with E-state index in [1.807, 2.05) is 31.2 Å². The molecule has 29 heavy (non-hydrogen) atoms. The molecule has 2 aromatic carbocycles. The number of amides is 1. The van der Waals surface area contributed by atoms with Gasteiger partial charge in [-0.25, -0.2) is 8.42 Å². The van der Waals surface area contributed by atoms with E-state index < -0.39 is 10.0 Å². The van der Waals surface area contributed by atoms with Crippen LogP contribution in [-0.2, 0) is 14.8 Å². The van der Waals surface area contributed by atoms with Gasteiger partial charge in [0.05, 0.1) is 11.9 Å². The van der Waals surface area contributed by atoms with Gasteiger partial charge in [0, 0.05) is 41.4 Å². The molecule has 0 saturated carbocycles. The first-order chi connectivity index (χ1) is 13.6. The Balaban J connectivity index is 1.69. The predicted molar refractivity (Wildman–Crippen MR) is 121 cm³/mol. The molecule has 1 aliphatic heterocycles. The number of piperazine rings is 1. The third kappa shape index (κ3) is 5.43. The monoisotopic (exact) mass is 499 g/mol. The van der Waals surface area contributed by atoms with Crippen LogP contribution in [-0.4, -0.2) is 58.2 Å². The Labute approximate surface area is 185 Å². The summed E-state index contributed by atoms with van der Waals surface area (Å²) in [6, 6.07) is 12.7. The van der Waals surface area contributed by atoms with Gasteiger partial charge in [-0.1, -0.05) is 39.7 Å². The van der Waals surface area contributed by atoms with Gasteiger partial charge < -0.3 is 9.80 Å². The molecule has 1 amide bonds. The molecule has 2 aromatic rings. The molecule has 1 aliphatic rings. The largest absolute Gasteiger partial charge is 0.368 e. The van der Waals surface area contributed by atoms with E-state index in [2.05, 4.69) is 20.8 Å². The highest BCUT2D eigenvalue weighted by Gasteiger charge is 2.27. The van der Waals surface area contributed by atoms with Gasteiger partial charge in [0.2, 0.25) is 15.9 Å². The van der Waals surface area contributed by atoms with E-state index in [4.69, 9.17) is 11.6 Å². The fourth-order valence-corrected chi connectivity index (χ4v) is 4.77. The van der Waals surface area contributed by atoms with Crippen LogP contribution in [0.3, 0.4) is 0 Å². The van der Waals surface area contributed by atoms with Crippen LogP contribution < -0.4 is 9.21 Å². The summed E-state index contributed by atoms with van der Waals surface area (Å²) in [4.78, 5) is 16.8. The zero-order chi connectivity index (χ0) is 21.2. The zero-order valence-electron chi connectivity index (χ0n) is 16.3. The molecule has 0 radical (unpaired) electrons. The van der Waals surface area contributed by atoms with E-state index in [0.717, 1.165) is 26.3 Å². The molecule has 0 aromatic heterocycles. The van der Waals surface area contributed by atoms with Crippen molar-refractivity contribution in [1.29, 1.82) is 0 Å². The quantitative estimate of drug-likeness (QED) is 0.630. The van der Waals surface area contributed by atoms with Gasteiger partial charge in [-0.2, -0.15) is 0 Å². The second-order valence-electron chi connectivity index (χ2n) is 7.05. The molecular weight excluding hydrogens is 478 g/mol. The van der Waals surface area contributed by atoms with Crippen LogP contribution in [0.15, 0.2) is 46.9 Å². The standard InChI is InChI=1S/C20H23BrClN3O3S/c1-15-6-7-17(22)13-19(15)23-8-10-24(11-9-23)20(26)14-25(29(2,27)28)18-5-3-4-16(21)12-18/h3-7,12-13H,8-11,14H2,1-2H3. The highest BCUT2D eigenvalue weighted by Crippen LogP contribution is 2.26. The summed E-state index contributed by atoms with van der Waals surface area (Å²) in [5.41, 5.74) is 2.66. The summed E-state index contributed by atoms with van der Waals surface area (Å²) in [6.45, 7) is 4.21. The molecule has 0 aliphatic carbocycles. The zero-order valence-corrected chi connectivity index (χ0v) is 19.5. The predicted octanol–water partition coefficient (Wildman–Crippen LogP) is 3.53. The fraction of sp³-hybridized carbons (Fsp3) is 0.350. The van der Waals surface area contributed by atoms with Crippen LogP contribution in [0.25, 0.3) is 0 Å². The fourth-order valence-electron chi connectivity index (χ4n) is 3.37. The number of nitrogens with zero attached hydrogens (tertiary/aromatic N) is 3. The van der Waals surface area contributed by atoms with Crippen molar-refractivity contribution in [3.63, 3.8) is 0 Å². The number of sulfonamides is 1. The van der Waals surface area contributed by atoms with Crippen molar-refractivity contribution in [2.24, 2.45) is 0 Å². The van der Waals surface area contributed by atoms with Gasteiger partial charge in [0.15, 0.2) is 0 Å². The maximum atomic E-state index is 12.8. The first kappa shape index (κ1) is 21.9. The van der Waals surface area contributed by atoms with Gasteiger partial charge in [-0.15, -0.1) is 0 Å². The van der Waals surface area contributed by atoms with Crippen molar-refractivity contribution < 1.29 is 13.2 Å². The van der Waals surface area contributed by atoms with Gasteiger partial charge in [-0.3, -0.25) is 9.10 Å². The maximum absolute atomic E-state index is 12.8. The number of rotatable bonds is 5. The lowest BCUT2D eigenvalue weighted by atomic mass is 10.1. The Bertz CT molecular complexity index is 1010. The smallest absolute Gasteiger partial charge is 0.243 e. The van der Waals surface area contributed by atoms with Crippen LogP contribution >= 0.6 is 27.5 Å². The third-order valence-electron chi connectivity index (χ3n) is 4.92. The molecule has 1 heterocycles. The molecule has 9 heteroatoms. The Kier molecular flexibility index (Phi) is 6.76. The minimum Gasteiger partial charge on any atom is -0.368 e. The SMILES string of the molecule is Cc1ccc(Cl)cc1N1CCN(C(=O)CN(c2cccc(Br)c2)S(C)(=O)=O)CC1. The summed E-state index contributed by atoms with van der Waals surface area (Å²) in [5.74, 6) is -0.210. The molecule has 1 saturated heterocycles. The molecule has 6 nitrogen and oxygen atoms in total. The number of carbonyl (C=O) groups excluding carboxylic acids is 1. The van der Waals surface area contributed by atoms with Crippen LogP contribution in [0.4, 0.5) is 11.4 Å². The summed E-state index contributed by atoms with van der Waals surface area (Å²) < 4.78 is 26.5. The van der Waals surface area contributed by atoms with E-state index >= 15 is 0 Å². The molecular formula is C20H23BrClN3O3S. The molecule has 3 rings (SSSR count). The first-order valence-electron chi connectivity index (χ1n) is 9.17. The highest BCUT2D eigenvalue weighted by atomic mass is 79.9. The maximum Gasteiger partial charge on any atom is 0.243 e. The minimum atomic E-state index is -3.59. The molecule has 0 N–H and O–H groups in total. The van der Waals surface area contributed by atoms with Gasteiger partial charge in [0.1, 0.15) is 6.54 Å². The summed E-state index contributed by atoms with van der Waals surface area (Å²) in [6.07, 6.45) is 1.11. The summed E-state index contributed by atoms with van der Waals surface area (Å²) >= 11 is 9.48. The van der Waals surface area contributed by atoms with Crippen molar-refractivity contribution >= 4 is 54.8 Å². The van der Waals surface area contributed by atoms with Crippen LogP contribution in [0, 0.1) is 6.92 Å². The number of aryl methyl sites for hydroxylation is 1. The third-order valence-corrected chi connectivity index (χ3v) is 6.79. The highest BCUT2D eigenvalue weighted by molar-refractivity contribution is 9.10. The lowest BCUT2D eigenvalue weighted by Crippen LogP contribution is -2.52. The van der Waals surface area contributed by atoms with Gasteiger partial charge >= 0.3 is 0 Å². The second kappa shape index (κ2) is 8.93. The van der Waals surface area contributed by atoms with Crippen molar-refractivity contribution in [3.05, 3.63) is 57.5 Å². The molecule has 0 spiro atoms. The molecule has 0 unspecified atom stereocenters. The van der Waals surface area contributed by atoms with E-state index in [9.17, 15) is 13.2 Å². The lowest BCUT2D eigenvalue weighted by molar-refractivity contribution is -0.129. The van der Waals surface area contributed by atoms with Crippen LogP contribution in [0.2, 0.25) is 5.02 Å². The average Bonchev–Trinajstić information content (AvgIpc) is 2.67. The Hall–Kier alpha value is -1.77. The number of halogens is 2. The number of carbonyl (C=O) groups is 1. The van der Waals surface area contributed by atoms with Crippen LogP contribution in [0.5, 0.6) is 0 Å². The molecule has 0 bridgehead atoms. The molecule has 0 atom stereocenters. The van der Waals surface area contributed by atoms with E-state index in [0.29, 0.717) is 36.9 Å². The number of hydrogen-bond donors (Lipinski definition) is 0. The van der Waals surface area contributed by atoms with Gasteiger partial charge in [-0.05, 0) is 42.8 Å². The number of hydrogen-bond acceptors (Lipinski definition) is 4. The van der Waals surface area contributed by atoms with Crippen molar-refractivity contribution in [1.82, 2.24) is 4.90 Å². The van der Waals surface area contributed by atoms with E-state index in [1.54, 1.807) is 23.1 Å². The van der Waals surface area contributed by atoms with Crippen molar-refractivity contribution in [3.8, 4) is 0 Å². The van der Waals surface area contributed by atoms with Crippen LogP contribution in [0.1, 0.15) is 5.56 Å². The number of benzene rings is 2. The van der Waals surface area contributed by atoms with Crippen molar-refractivity contribution in [2.75, 3.05) is 48.2 Å². The minimum absolute atomic E-state index is 0.210. The Morgan fingerprint density at radius 3 is 2.45 bits per heavy atom. The van der Waals surface area contributed by atoms with E-state index in [-0.39, 0.29) is 12.5 Å². The topological polar surface area (TPSA) is 60.9 Å². The Morgan fingerprint density at radius 2 is 1.83 bits per heavy atom. The first-order valence-corrected chi connectivity index (χ1v) is 12.2. The number of anilines is 2. The normalized spacial score (nSPS) is 14.8. The van der Waals surface area contributed by atoms with E-state index in [1.165, 1.54) is 0 Å². The summed E-state index contributed by atoms with van der Waals surface area (Å²) in [5, 5.41) is 0.682. The van der Waals surface area contributed by atoms with Crippen molar-refractivity contribution in [2.45, 2.75) is 6.92 Å². The summed E-state index contributed by atoms with van der Waals surface area (Å²) in [7, 11) is -3.59. The average molecular weight is 501 g/mol. The van der Waals surface area contributed by atoms with Gasteiger partial charge in [0.25, 0.3) is 0 Å². The molecule has 156 valence electrons.